The van der Waals surface area contributed by atoms with Crippen molar-refractivity contribution < 1.29 is 32.5 Å². The number of imide groups is 1. The summed E-state index contributed by atoms with van der Waals surface area (Å²) in [6, 6.07) is 12.7. The summed E-state index contributed by atoms with van der Waals surface area (Å²) in [6.45, 7) is 13.5. The van der Waals surface area contributed by atoms with Gasteiger partial charge in [-0.1, -0.05) is 13.0 Å². The fraction of sp³-hybridized carbons (Fsp3) is 0.429. The molecule has 2 aromatic heterocycles. The number of carbonyl (C=O) groups excluding carboxylic acids is 3. The average Bonchev–Trinajstić information content (AvgIpc) is 3.80. The molecule has 3 aromatic carbocycles. The normalized spacial score (nSPS) is 17.9. The standard InChI is InChI=1S/C49H58BrF2N10O5P/c1-6-29-21-40(58-49-56-26-36(50)46(60-49)57-39-10-8-30-25-55-28(3)20-35(30)45(39)68(4,5)66)42(67-7-2)24-41(29)61-18-13-32(14-19-61)53-15-16-54-47(64)31-12-17-62(27-31)33-22-37(51)44(38(52)23-33)34-9-11-43(63)59-48(34)65/h8,10,20-26,31-32,34,53H,6-7,9,11-19,27H2,1-5H3,(H,54,64)(H,59,63,65)(H2,56,57,58,60)/t31-,34?/m1/s1. The van der Waals surface area contributed by atoms with Gasteiger partial charge in [0.25, 0.3) is 0 Å². The van der Waals surface area contributed by atoms with Crippen LogP contribution in [0.1, 0.15) is 68.7 Å². The van der Waals surface area contributed by atoms with Crippen molar-refractivity contribution in [2.24, 2.45) is 5.92 Å². The van der Waals surface area contributed by atoms with E-state index < -0.39 is 36.5 Å². The number of hydrogen-bond acceptors (Lipinski definition) is 13. The first-order chi connectivity index (χ1) is 32.6. The lowest BCUT2D eigenvalue weighted by Crippen LogP contribution is -2.45. The molecule has 360 valence electrons. The first-order valence-corrected chi connectivity index (χ1v) is 26.6. The molecule has 1 unspecified atom stereocenters. The molecule has 3 aliphatic rings. The number of nitrogens with zero attached hydrogens (tertiary/aromatic N) is 5. The third-order valence-corrected chi connectivity index (χ3v) is 15.1. The summed E-state index contributed by atoms with van der Waals surface area (Å²) in [5, 5.41) is 18.2. The molecule has 68 heavy (non-hydrogen) atoms. The molecule has 0 radical (unpaired) electrons. The lowest BCUT2D eigenvalue weighted by Gasteiger charge is -2.35. The summed E-state index contributed by atoms with van der Waals surface area (Å²) in [5.41, 5.74) is 4.54. The van der Waals surface area contributed by atoms with Gasteiger partial charge >= 0.3 is 0 Å². The minimum Gasteiger partial charge on any atom is -0.492 e. The van der Waals surface area contributed by atoms with Gasteiger partial charge in [-0.15, -0.1) is 0 Å². The molecule has 15 nitrogen and oxygen atoms in total. The van der Waals surface area contributed by atoms with Gasteiger partial charge in [0.15, 0.2) is 0 Å². The third kappa shape index (κ3) is 10.9. The van der Waals surface area contributed by atoms with Crippen molar-refractivity contribution in [1.29, 1.82) is 0 Å². The number of hydrogen-bond donors (Lipinski definition) is 5. The fourth-order valence-corrected chi connectivity index (χ4v) is 11.3. The molecule has 3 saturated heterocycles. The Morgan fingerprint density at radius 1 is 0.926 bits per heavy atom. The number of fused-ring (bicyclic) bond motifs is 1. The number of amides is 3. The lowest BCUT2D eigenvalue weighted by atomic mass is 9.89. The van der Waals surface area contributed by atoms with Gasteiger partial charge in [0, 0.05) is 104 Å². The maximum Gasteiger partial charge on any atom is 0.234 e. The van der Waals surface area contributed by atoms with Crippen molar-refractivity contribution in [3.63, 3.8) is 0 Å². The number of nitrogens with one attached hydrogen (secondary N) is 5. The van der Waals surface area contributed by atoms with E-state index in [1.54, 1.807) is 30.6 Å². The minimum atomic E-state index is -2.74. The Bertz CT molecular complexity index is 2760. The van der Waals surface area contributed by atoms with Crippen LogP contribution in [0.25, 0.3) is 10.8 Å². The molecule has 5 heterocycles. The lowest BCUT2D eigenvalue weighted by molar-refractivity contribution is -0.134. The Labute approximate surface area is 403 Å². The summed E-state index contributed by atoms with van der Waals surface area (Å²) < 4.78 is 50.9. The smallest absolute Gasteiger partial charge is 0.234 e. The molecule has 2 atom stereocenters. The van der Waals surface area contributed by atoms with Crippen LogP contribution in [0.3, 0.4) is 0 Å². The molecular formula is C49H58BrF2N10O5P. The monoisotopic (exact) mass is 1010 g/mol. The summed E-state index contributed by atoms with van der Waals surface area (Å²) in [5.74, 6) is -2.76. The number of pyridine rings is 1. The van der Waals surface area contributed by atoms with Crippen LogP contribution in [-0.4, -0.2) is 97.9 Å². The molecular weight excluding hydrogens is 957 g/mol. The number of aromatic nitrogens is 3. The van der Waals surface area contributed by atoms with E-state index in [0.717, 1.165) is 71.1 Å². The number of piperidine rings is 2. The first kappa shape index (κ1) is 48.7. The number of ether oxygens (including phenoxy) is 1. The average molecular weight is 1020 g/mol. The first-order valence-electron chi connectivity index (χ1n) is 23.2. The fourth-order valence-electron chi connectivity index (χ4n) is 9.51. The van der Waals surface area contributed by atoms with E-state index in [1.807, 2.05) is 32.0 Å². The van der Waals surface area contributed by atoms with Crippen LogP contribution in [-0.2, 0) is 25.4 Å². The van der Waals surface area contributed by atoms with E-state index in [1.165, 1.54) is 12.1 Å². The molecule has 3 fully saturated rings. The van der Waals surface area contributed by atoms with Gasteiger partial charge in [-0.25, -0.2) is 13.8 Å². The summed E-state index contributed by atoms with van der Waals surface area (Å²) in [4.78, 5) is 55.0. The van der Waals surface area contributed by atoms with Crippen molar-refractivity contribution >= 4 is 91.4 Å². The maximum absolute atomic E-state index is 15.2. The Morgan fingerprint density at radius 3 is 2.38 bits per heavy atom. The van der Waals surface area contributed by atoms with Gasteiger partial charge in [-0.2, -0.15) is 4.98 Å². The molecule has 0 bridgehead atoms. The number of benzene rings is 3. The van der Waals surface area contributed by atoms with Crippen molar-refractivity contribution in [2.45, 2.75) is 71.3 Å². The molecule has 3 amide bonds. The summed E-state index contributed by atoms with van der Waals surface area (Å²) in [7, 11) is -2.74. The number of carbonyl (C=O) groups is 3. The predicted molar refractivity (Wildman–Crippen MR) is 267 cm³/mol. The summed E-state index contributed by atoms with van der Waals surface area (Å²) in [6.07, 6.45) is 6.72. The van der Waals surface area contributed by atoms with Gasteiger partial charge in [0.05, 0.1) is 34.3 Å². The van der Waals surface area contributed by atoms with E-state index in [4.69, 9.17) is 9.72 Å². The second-order valence-electron chi connectivity index (χ2n) is 18.0. The van der Waals surface area contributed by atoms with Gasteiger partial charge < -0.3 is 40.4 Å². The quantitative estimate of drug-likeness (QED) is 0.0367. The number of anilines is 6. The van der Waals surface area contributed by atoms with Crippen molar-refractivity contribution in [2.75, 3.05) is 79.6 Å². The molecule has 5 aromatic rings. The highest BCUT2D eigenvalue weighted by Crippen LogP contribution is 2.43. The molecule has 3 aliphatic heterocycles. The largest absolute Gasteiger partial charge is 0.492 e. The zero-order chi connectivity index (χ0) is 48.3. The van der Waals surface area contributed by atoms with Crippen molar-refractivity contribution in [1.82, 2.24) is 30.9 Å². The van der Waals surface area contributed by atoms with E-state index in [0.29, 0.717) is 72.6 Å². The van der Waals surface area contributed by atoms with Crippen LogP contribution >= 0.6 is 23.1 Å². The van der Waals surface area contributed by atoms with E-state index in [2.05, 4.69) is 76.4 Å². The van der Waals surface area contributed by atoms with Gasteiger partial charge in [-0.3, -0.25) is 24.7 Å². The molecule has 5 N–H and O–H groups in total. The second kappa shape index (κ2) is 20.9. The Hall–Kier alpha value is -5.71. The van der Waals surface area contributed by atoms with Crippen LogP contribution in [0.5, 0.6) is 5.75 Å². The minimum absolute atomic E-state index is 0.0206. The topological polar surface area (TPSA) is 183 Å². The number of halogens is 3. The van der Waals surface area contributed by atoms with Crippen LogP contribution in [0.2, 0.25) is 0 Å². The molecule has 19 heteroatoms. The maximum atomic E-state index is 15.2. The molecule has 0 saturated carbocycles. The highest BCUT2D eigenvalue weighted by molar-refractivity contribution is 9.10. The number of aryl methyl sites for hydroxylation is 2. The van der Waals surface area contributed by atoms with Crippen LogP contribution in [0, 0.1) is 24.5 Å². The second-order valence-corrected chi connectivity index (χ2v) is 22.0. The van der Waals surface area contributed by atoms with E-state index in [-0.39, 0.29) is 36.3 Å². The highest BCUT2D eigenvalue weighted by Gasteiger charge is 2.35. The van der Waals surface area contributed by atoms with E-state index in [9.17, 15) is 18.9 Å². The van der Waals surface area contributed by atoms with Crippen molar-refractivity contribution in [3.05, 3.63) is 87.8 Å². The van der Waals surface area contributed by atoms with Crippen molar-refractivity contribution in [3.8, 4) is 5.75 Å². The van der Waals surface area contributed by atoms with Crippen LogP contribution < -0.4 is 46.4 Å². The Kier molecular flexibility index (Phi) is 15.0. The highest BCUT2D eigenvalue weighted by atomic mass is 79.9. The van der Waals surface area contributed by atoms with Gasteiger partial charge in [0.2, 0.25) is 23.7 Å². The van der Waals surface area contributed by atoms with Crippen LogP contribution in [0.15, 0.2) is 59.3 Å². The SMILES string of the molecule is CCOc1cc(N2CCC(NCCNC(=O)[C@@H]3CCN(c4cc(F)c(C5CCC(=O)NC5=O)c(F)c4)C3)CC2)c(CC)cc1Nc1ncc(Br)c(Nc2ccc3cnc(C)cc3c2P(C)(C)=O)n1. The number of rotatable bonds is 16. The third-order valence-electron chi connectivity index (χ3n) is 12.9. The molecule has 8 rings (SSSR count). The van der Waals surface area contributed by atoms with Crippen LogP contribution in [0.4, 0.5) is 43.3 Å². The molecule has 0 aliphatic carbocycles. The Morgan fingerprint density at radius 2 is 1.68 bits per heavy atom. The van der Waals surface area contributed by atoms with Gasteiger partial charge in [0.1, 0.15) is 30.3 Å². The molecule has 0 spiro atoms. The zero-order valence-electron chi connectivity index (χ0n) is 39.0. The zero-order valence-corrected chi connectivity index (χ0v) is 41.5. The van der Waals surface area contributed by atoms with E-state index >= 15 is 8.78 Å². The predicted octanol–water partition coefficient (Wildman–Crippen LogP) is 7.79. The van der Waals surface area contributed by atoms with Gasteiger partial charge in [-0.05, 0) is 116 Å². The summed E-state index contributed by atoms with van der Waals surface area (Å²) >= 11 is 3.61. The Balaban J connectivity index is 0.842.